The molecule has 0 spiro atoms. The number of rotatable bonds is 6. The molecule has 2 aliphatic rings. The second-order valence-electron chi connectivity index (χ2n) is 6.91. The highest BCUT2D eigenvalue weighted by Gasteiger charge is 2.64. The van der Waals surface area contributed by atoms with Crippen molar-refractivity contribution in [1.29, 1.82) is 0 Å². The van der Waals surface area contributed by atoms with Gasteiger partial charge in [-0.25, -0.2) is 0 Å². The Morgan fingerprint density at radius 1 is 1.07 bits per heavy atom. The summed E-state index contributed by atoms with van der Waals surface area (Å²) in [6, 6.07) is -1.48. The molecule has 9 N–H and O–H groups in total. The largest absolute Gasteiger partial charge is 0.394 e. The zero-order valence-corrected chi connectivity index (χ0v) is 16.4. The maximum Gasteiger partial charge on any atom is 0.300 e. The van der Waals surface area contributed by atoms with Gasteiger partial charge in [0.05, 0.1) is 13.2 Å². The van der Waals surface area contributed by atoms with Gasteiger partial charge in [-0.3, -0.25) is 9.35 Å². The van der Waals surface area contributed by atoms with Gasteiger partial charge in [-0.15, -0.1) is 0 Å². The van der Waals surface area contributed by atoms with Gasteiger partial charge in [0.2, 0.25) is 5.91 Å². The van der Waals surface area contributed by atoms with Crippen molar-refractivity contribution in [2.75, 3.05) is 13.2 Å². The van der Waals surface area contributed by atoms with Crippen molar-refractivity contribution in [2.24, 2.45) is 0 Å². The minimum Gasteiger partial charge on any atom is -0.394 e. The first-order valence-corrected chi connectivity index (χ1v) is 10.1. The Balaban J connectivity index is 2.36. The molecule has 2 heterocycles. The van der Waals surface area contributed by atoms with Gasteiger partial charge >= 0.3 is 10.1 Å². The molecule has 10 atom stereocenters. The molecule has 2 saturated heterocycles. The second-order valence-corrected chi connectivity index (χ2v) is 8.51. The van der Waals surface area contributed by atoms with Crippen LogP contribution in [0.2, 0.25) is 0 Å². The van der Waals surface area contributed by atoms with E-state index in [1.165, 1.54) is 0 Å². The predicted octanol–water partition coefficient (Wildman–Crippen LogP) is -6.04. The number of amides is 1. The molecular weight excluding hydrogens is 438 g/mol. The fraction of sp³-hybridized carbons (Fsp3) is 0.929. The lowest BCUT2D eigenvalue weighted by Gasteiger charge is -2.48. The Hall–Kier alpha value is -1.02. The Kier molecular flexibility index (Phi) is 7.76. The summed E-state index contributed by atoms with van der Waals surface area (Å²) in [4.78, 5) is 7.65. The molecule has 0 aliphatic carbocycles. The van der Waals surface area contributed by atoms with Gasteiger partial charge in [-0.1, -0.05) is 0 Å². The SMILES string of the molecule is CC(=O)N[C@H]1C(O)O[C@H](CO)[C@@H](O[C@@H]2O[C@H](CO)[C@H](O)[C@@](O)(S(=O)(=O)O)[C@H]2O)[C@@H]1O. The number of hydrogen-bond acceptors (Lipinski definition) is 13. The number of aliphatic hydroxyl groups excluding tert-OH is 6. The van der Waals surface area contributed by atoms with Crippen LogP contribution in [-0.4, -0.2) is 128 Å². The molecular formula is C14H25NO14S. The molecule has 0 bridgehead atoms. The highest BCUT2D eigenvalue weighted by molar-refractivity contribution is 7.87. The lowest BCUT2D eigenvalue weighted by atomic mass is 9.95. The van der Waals surface area contributed by atoms with E-state index in [9.17, 15) is 53.5 Å². The van der Waals surface area contributed by atoms with Crippen molar-refractivity contribution in [3.05, 3.63) is 0 Å². The van der Waals surface area contributed by atoms with Crippen molar-refractivity contribution in [3.8, 4) is 0 Å². The first-order chi connectivity index (χ1) is 13.8. The normalized spacial score (nSPS) is 45.2. The molecule has 0 aromatic heterocycles. The molecule has 1 amide bonds. The average molecular weight is 463 g/mol. The van der Waals surface area contributed by atoms with Gasteiger partial charge in [0.1, 0.15) is 36.6 Å². The van der Waals surface area contributed by atoms with Gasteiger partial charge in [0, 0.05) is 6.92 Å². The third-order valence-corrected chi connectivity index (χ3v) is 6.20. The molecule has 0 aromatic rings. The van der Waals surface area contributed by atoms with Crippen LogP contribution in [0.3, 0.4) is 0 Å². The summed E-state index contributed by atoms with van der Waals surface area (Å²) < 4.78 is 47.9. The molecule has 1 unspecified atom stereocenters. The van der Waals surface area contributed by atoms with E-state index < -0.39 is 89.4 Å². The number of ether oxygens (including phenoxy) is 3. The van der Waals surface area contributed by atoms with Crippen LogP contribution < -0.4 is 5.32 Å². The van der Waals surface area contributed by atoms with E-state index in [0.29, 0.717) is 0 Å². The summed E-state index contributed by atoms with van der Waals surface area (Å²) in [6.07, 6.45) is -16.0. The van der Waals surface area contributed by atoms with Crippen LogP contribution in [0.15, 0.2) is 0 Å². The highest BCUT2D eigenvalue weighted by Crippen LogP contribution is 2.36. The van der Waals surface area contributed by atoms with Crippen LogP contribution in [0, 0.1) is 0 Å². The van der Waals surface area contributed by atoms with Gasteiger partial charge in [-0.2, -0.15) is 8.42 Å². The third kappa shape index (κ3) is 4.45. The summed E-state index contributed by atoms with van der Waals surface area (Å²) in [6.45, 7) is -0.865. The molecule has 16 heteroatoms. The quantitative estimate of drug-likeness (QED) is 0.166. The highest BCUT2D eigenvalue weighted by atomic mass is 32.2. The van der Waals surface area contributed by atoms with Crippen LogP contribution in [0.4, 0.5) is 0 Å². The fourth-order valence-electron chi connectivity index (χ4n) is 3.31. The molecule has 176 valence electrons. The van der Waals surface area contributed by atoms with Crippen molar-refractivity contribution >= 4 is 16.0 Å². The standard InChI is InChI=1S/C14H25NO14S/c1-4(18)15-7-8(19)9(5(2-16)27-12(7)22)29-13-11(21)14(23,30(24,25)26)10(20)6(3-17)28-13/h5-13,16-17,19-23H,2-3H2,1H3,(H,15,18)(H,24,25,26)/t5-,6-,7-,8-,9-,10+,11+,12?,13+,14-/m1/s1. The molecule has 30 heavy (non-hydrogen) atoms. The van der Waals surface area contributed by atoms with E-state index in [-0.39, 0.29) is 0 Å². The van der Waals surface area contributed by atoms with E-state index in [1.807, 2.05) is 0 Å². The number of nitrogens with one attached hydrogen (secondary N) is 1. The summed E-state index contributed by atoms with van der Waals surface area (Å²) in [5, 5.41) is 71.8. The molecule has 2 fully saturated rings. The van der Waals surface area contributed by atoms with E-state index in [2.05, 4.69) is 5.32 Å². The summed E-state index contributed by atoms with van der Waals surface area (Å²) in [7, 11) is -5.56. The first kappa shape index (κ1) is 25.2. The predicted molar refractivity (Wildman–Crippen MR) is 90.7 cm³/mol. The molecule has 2 rings (SSSR count). The maximum absolute atomic E-state index is 11.6. The van der Waals surface area contributed by atoms with Gasteiger partial charge in [0.25, 0.3) is 4.93 Å². The lowest BCUT2D eigenvalue weighted by Crippen LogP contribution is -2.72. The Bertz CT molecular complexity index is 719. The minimum atomic E-state index is -5.56. The number of carbonyl (C=O) groups excluding carboxylic acids is 1. The van der Waals surface area contributed by atoms with Gasteiger partial charge in [-0.05, 0) is 0 Å². The van der Waals surface area contributed by atoms with Crippen molar-refractivity contribution in [2.45, 2.75) is 67.1 Å². The zero-order chi connectivity index (χ0) is 23.0. The molecule has 2 aliphatic heterocycles. The van der Waals surface area contributed by atoms with Crippen molar-refractivity contribution in [1.82, 2.24) is 5.32 Å². The Morgan fingerprint density at radius 3 is 2.10 bits per heavy atom. The minimum absolute atomic E-state index is 0.680. The van der Waals surface area contributed by atoms with E-state index in [1.54, 1.807) is 0 Å². The first-order valence-electron chi connectivity index (χ1n) is 8.66. The zero-order valence-electron chi connectivity index (χ0n) is 15.5. The Morgan fingerprint density at radius 2 is 1.63 bits per heavy atom. The van der Waals surface area contributed by atoms with Crippen molar-refractivity contribution in [3.63, 3.8) is 0 Å². The van der Waals surface area contributed by atoms with Crippen molar-refractivity contribution < 1.29 is 67.7 Å². The average Bonchev–Trinajstić information content (AvgIpc) is 2.65. The van der Waals surface area contributed by atoms with E-state index in [0.717, 1.165) is 6.92 Å². The third-order valence-electron chi connectivity index (χ3n) is 4.89. The van der Waals surface area contributed by atoms with Gasteiger partial charge < -0.3 is 55.3 Å². The van der Waals surface area contributed by atoms with E-state index in [4.69, 9.17) is 14.2 Å². The smallest absolute Gasteiger partial charge is 0.300 e. The molecule has 15 nitrogen and oxygen atoms in total. The van der Waals surface area contributed by atoms with Crippen LogP contribution >= 0.6 is 0 Å². The molecule has 0 radical (unpaired) electrons. The van der Waals surface area contributed by atoms with Crippen LogP contribution in [0.25, 0.3) is 0 Å². The van der Waals surface area contributed by atoms with E-state index >= 15 is 0 Å². The number of carbonyl (C=O) groups is 1. The number of aliphatic hydroxyl groups is 7. The van der Waals surface area contributed by atoms with Crippen LogP contribution in [-0.2, 0) is 29.1 Å². The lowest BCUT2D eigenvalue weighted by molar-refractivity contribution is -0.351. The monoisotopic (exact) mass is 463 g/mol. The number of hydrogen-bond donors (Lipinski definition) is 9. The topological polar surface area (TPSA) is 253 Å². The van der Waals surface area contributed by atoms with Crippen LogP contribution in [0.5, 0.6) is 0 Å². The maximum atomic E-state index is 11.6. The van der Waals surface area contributed by atoms with Crippen LogP contribution in [0.1, 0.15) is 6.92 Å². The Labute approximate surface area is 170 Å². The fourth-order valence-corrected chi connectivity index (χ4v) is 4.18. The molecule has 0 aromatic carbocycles. The van der Waals surface area contributed by atoms with Gasteiger partial charge in [0.15, 0.2) is 18.7 Å². The molecule has 0 saturated carbocycles. The summed E-state index contributed by atoms with van der Waals surface area (Å²) >= 11 is 0. The summed E-state index contributed by atoms with van der Waals surface area (Å²) in [5.74, 6) is -0.680. The summed E-state index contributed by atoms with van der Waals surface area (Å²) in [5.41, 5.74) is 0. The second kappa shape index (κ2) is 9.23.